The van der Waals surface area contributed by atoms with Crippen LogP contribution in [0.4, 0.5) is 5.69 Å². The van der Waals surface area contributed by atoms with Crippen molar-refractivity contribution in [2.75, 3.05) is 80.6 Å². The number of ether oxygens (including phenoxy) is 1. The summed E-state index contributed by atoms with van der Waals surface area (Å²) in [5, 5.41) is 11.8. The fourth-order valence-corrected chi connectivity index (χ4v) is 11.7. The second-order valence-electron chi connectivity index (χ2n) is 17.1. The predicted molar refractivity (Wildman–Crippen MR) is 299 cm³/mol. The van der Waals surface area contributed by atoms with Crippen LogP contribution in [0, 0.1) is 33.8 Å². The molecule has 10 amide bonds. The van der Waals surface area contributed by atoms with Gasteiger partial charge in [-0.1, -0.05) is 60.0 Å². The minimum absolute atomic E-state index is 0. The number of nitrogens with zero attached hydrogens (tertiary/aromatic N) is 8. The first kappa shape index (κ1) is 72.4. The molecule has 4 saturated heterocycles. The number of thioether (sulfide) groups is 3. The quantitative estimate of drug-likeness (QED) is 0.0617. The maximum Gasteiger partial charge on any atom is 1.00 e. The van der Waals surface area contributed by atoms with Gasteiger partial charge in [-0.25, -0.2) is 8.42 Å². The number of fused-ring (bicyclic) bond motifs is 6. The molecule has 2 aromatic rings. The topological polar surface area (TPSA) is 358 Å². The summed E-state index contributed by atoms with van der Waals surface area (Å²) in [4.78, 5) is 149. The summed E-state index contributed by atoms with van der Waals surface area (Å²) in [7, 11) is 5.05. The van der Waals surface area contributed by atoms with E-state index in [1.54, 1.807) is 59.9 Å². The Bertz CT molecular complexity index is 2930. The Labute approximate surface area is 522 Å². The molecule has 7 aliphatic heterocycles. The van der Waals surface area contributed by atoms with E-state index in [2.05, 4.69) is 47.7 Å². The van der Waals surface area contributed by atoms with E-state index in [-0.39, 0.29) is 100 Å². The fourth-order valence-electron chi connectivity index (χ4n) is 8.33. The first-order valence-electron chi connectivity index (χ1n) is 24.2. The minimum atomic E-state index is -4.77. The molecule has 29 nitrogen and oxygen atoms in total. The molecule has 1 saturated carbocycles. The van der Waals surface area contributed by atoms with Crippen molar-refractivity contribution in [3.8, 4) is 5.75 Å². The number of methoxy groups -OCH3 is 1. The summed E-state index contributed by atoms with van der Waals surface area (Å²) in [6, 6.07) is 12.5. The van der Waals surface area contributed by atoms with Gasteiger partial charge >= 0.3 is 29.6 Å². The van der Waals surface area contributed by atoms with Gasteiger partial charge in [0.2, 0.25) is 0 Å². The normalized spacial score (nSPS) is 22.0. The molecular weight excluding hydrogens is 1220 g/mol. The van der Waals surface area contributed by atoms with Crippen molar-refractivity contribution in [2.24, 2.45) is 28.7 Å². The molecule has 450 valence electrons. The zero-order valence-corrected chi connectivity index (χ0v) is 52.7. The summed E-state index contributed by atoms with van der Waals surface area (Å²) in [5.74, 6) is -1.17. The number of nitro benzene ring substituents is 1. The zero-order valence-electron chi connectivity index (χ0n) is 46.7. The summed E-state index contributed by atoms with van der Waals surface area (Å²) in [5.41, 5.74) is 0.870. The van der Waals surface area contributed by atoms with Crippen LogP contribution in [0.3, 0.4) is 0 Å². The molecule has 11 rings (SSSR count). The van der Waals surface area contributed by atoms with Gasteiger partial charge in [0.1, 0.15) is 29.8 Å². The number of carbonyl (C=O) groups is 10. The second-order valence-corrected chi connectivity index (χ2v) is 22.5. The van der Waals surface area contributed by atoms with Crippen LogP contribution in [-0.4, -0.2) is 202 Å². The number of imide groups is 5. The van der Waals surface area contributed by atoms with Crippen molar-refractivity contribution < 1.29 is 124 Å². The second kappa shape index (κ2) is 34.3. The number of non-ortho nitro benzene ring substituents is 1. The van der Waals surface area contributed by atoms with E-state index in [4.69, 9.17) is 21.8 Å². The van der Waals surface area contributed by atoms with Crippen molar-refractivity contribution >= 4 is 131 Å². The maximum atomic E-state index is 11.8. The standard InChI is InChI=1S/C10H11NO3.C9H7NO3.C7H7NO3.C5H7NO6S.C5H7NO3.C5H5NO3.2C4H7NS2.Na/c1-14-11-9(12)7-5-2-3-6(4-5)8(7)10(11)13;1-13-10-8(11)6-4-2-3-5-7(6)9(10)12;1-11-7-4-2-6(3-5-7)8(9)10;1-12-6-4(7)2-3(5(6)8)13(9,10)11;2*1-9-6-4(7)2-3-5(6)8;1-6-4-5-2-3-7-4;1-5-2-3-7-4(5)6;/h2-3,5-8H,4H2,1H3;2-5H,1H3;2-5H,1H3;3H,2H2,1H3,(H,9,10,11);2-3H2,1H3;2-3H,1H3;2*2-3H2,1H3;/q;;;;;;;;+1/p-1. The number of allylic oxidation sites excluding steroid dienone is 2. The number of hydroxylamine groups is 10. The van der Waals surface area contributed by atoms with E-state index < -0.39 is 62.2 Å². The number of aliphatic imine (C=N–C) groups is 1. The zero-order chi connectivity index (χ0) is 61.9. The Morgan fingerprint density at radius 1 is 0.667 bits per heavy atom. The number of hydrogen-bond acceptors (Lipinski definition) is 26. The number of hydrogen-bond donors (Lipinski definition) is 0. The van der Waals surface area contributed by atoms with Crippen LogP contribution in [0.5, 0.6) is 5.75 Å². The monoisotopic (exact) mass is 1280 g/mol. The number of benzene rings is 2. The van der Waals surface area contributed by atoms with Crippen molar-refractivity contribution in [2.45, 2.75) is 30.9 Å². The Balaban J connectivity index is 0.000000254. The molecule has 5 unspecified atom stereocenters. The summed E-state index contributed by atoms with van der Waals surface area (Å²) in [6.07, 6.45) is 9.41. The molecule has 2 aromatic carbocycles. The van der Waals surface area contributed by atoms with E-state index in [9.17, 15) is 71.0 Å². The van der Waals surface area contributed by atoms with E-state index in [0.29, 0.717) is 21.9 Å². The average molecular weight is 1280 g/mol. The van der Waals surface area contributed by atoms with Crippen LogP contribution in [0.25, 0.3) is 0 Å². The third-order valence-electron chi connectivity index (χ3n) is 12.3. The third kappa shape index (κ3) is 18.8. The molecular formula is C49H57N8NaO21S5. The largest absolute Gasteiger partial charge is 1.00 e. The molecule has 0 N–H and O–H groups in total. The minimum Gasteiger partial charge on any atom is -0.747 e. The fraction of sp³-hybridized carbons (Fsp3) is 0.429. The van der Waals surface area contributed by atoms with Gasteiger partial charge in [0.25, 0.3) is 64.8 Å². The van der Waals surface area contributed by atoms with Crippen LogP contribution in [-0.2, 0) is 72.7 Å². The molecule has 7 heterocycles. The first-order chi connectivity index (χ1) is 39.3. The molecule has 84 heavy (non-hydrogen) atoms. The average Bonchev–Trinajstić information content (AvgIpc) is 2.06. The van der Waals surface area contributed by atoms with Gasteiger partial charge in [-0.15, -0.1) is 21.9 Å². The molecule has 0 spiro atoms. The molecule has 0 aromatic heterocycles. The number of rotatable bonds is 8. The number of nitro groups is 1. The molecule has 2 bridgehead atoms. The first-order valence-corrected chi connectivity index (χ1v) is 29.3. The molecule has 0 radical (unpaired) electrons. The summed E-state index contributed by atoms with van der Waals surface area (Å²) in [6.45, 7) is 2.16. The van der Waals surface area contributed by atoms with E-state index >= 15 is 0 Å². The van der Waals surface area contributed by atoms with Crippen LogP contribution >= 0.6 is 47.5 Å². The van der Waals surface area contributed by atoms with Gasteiger partial charge in [0, 0.05) is 62.2 Å². The predicted octanol–water partition coefficient (Wildman–Crippen LogP) is -0.401. The van der Waals surface area contributed by atoms with Crippen LogP contribution < -0.4 is 34.3 Å². The third-order valence-corrected chi connectivity index (χ3v) is 17.0. The number of carbonyl (C=O) groups excluding carboxylic acids is 10. The molecule has 5 fully saturated rings. The molecule has 35 heteroatoms. The van der Waals surface area contributed by atoms with Gasteiger partial charge in [0.05, 0.1) is 83.5 Å². The Morgan fingerprint density at radius 2 is 1.15 bits per heavy atom. The molecule has 9 aliphatic rings. The number of thiocarbonyl (C=S) groups is 1. The smallest absolute Gasteiger partial charge is 0.747 e. The Kier molecular flexibility index (Phi) is 29.6. The maximum absolute atomic E-state index is 11.8. The molecule has 2 aliphatic carbocycles. The van der Waals surface area contributed by atoms with Crippen LogP contribution in [0.15, 0.2) is 77.8 Å². The van der Waals surface area contributed by atoms with Crippen LogP contribution in [0.2, 0.25) is 0 Å². The SMILES string of the molecule is CN1CCSC1=S.CON1C(=O)C2C3C=CC(C3)C2C1=O.CON1C(=O)C=CC1=O.CON1C(=O)CC(S(=O)(=O)[O-])C1=O.CON1C(=O)CCC1=O.CON1C(=O)c2ccccc2C1=O.COc1ccc([N+](=O)[O-])cc1.CSC1=NCCS1.[Na+]. The van der Waals surface area contributed by atoms with Gasteiger partial charge in [-0.05, 0) is 48.8 Å². The van der Waals surface area contributed by atoms with Gasteiger partial charge in [0.15, 0.2) is 0 Å². The van der Waals surface area contributed by atoms with Gasteiger partial charge in [-0.3, -0.25) is 87.2 Å². The van der Waals surface area contributed by atoms with Gasteiger partial charge < -0.3 is 14.2 Å². The van der Waals surface area contributed by atoms with E-state index in [1.165, 1.54) is 63.6 Å². The van der Waals surface area contributed by atoms with Crippen molar-refractivity contribution in [3.05, 3.63) is 94.1 Å². The van der Waals surface area contributed by atoms with Crippen LogP contribution in [0.1, 0.15) is 46.4 Å². The molecule has 5 atom stereocenters. The Hall–Kier alpha value is -5.86. The van der Waals surface area contributed by atoms with Crippen molar-refractivity contribution in [1.29, 1.82) is 0 Å². The van der Waals surface area contributed by atoms with E-state index in [0.717, 1.165) is 58.3 Å². The summed E-state index contributed by atoms with van der Waals surface area (Å²) < 4.78 is 38.4. The Morgan fingerprint density at radius 3 is 1.45 bits per heavy atom. The van der Waals surface area contributed by atoms with Crippen molar-refractivity contribution in [1.82, 2.24) is 30.2 Å². The summed E-state index contributed by atoms with van der Waals surface area (Å²) >= 11 is 10.3. The van der Waals surface area contributed by atoms with E-state index in [1.807, 2.05) is 18.8 Å². The van der Waals surface area contributed by atoms with Gasteiger partial charge in [-0.2, -0.15) is 15.2 Å². The number of amides is 10. The van der Waals surface area contributed by atoms with Crippen molar-refractivity contribution in [3.63, 3.8) is 0 Å².